The van der Waals surface area contributed by atoms with Gasteiger partial charge in [-0.05, 0) is 32.4 Å². The molecule has 0 aliphatic carbocycles. The second kappa shape index (κ2) is 6.01. The number of thiophene rings is 1. The van der Waals surface area contributed by atoms with Crippen LogP contribution in [-0.2, 0) is 9.53 Å². The van der Waals surface area contributed by atoms with Crippen molar-refractivity contribution in [3.05, 3.63) is 21.9 Å². The Balaban J connectivity index is 2.76. The highest BCUT2D eigenvalue weighted by atomic mass is 32.1. The minimum atomic E-state index is -0.747. The highest BCUT2D eigenvalue weighted by molar-refractivity contribution is 7.12. The number of carbonyl (C=O) groups excluding carboxylic acids is 1. The van der Waals surface area contributed by atoms with Crippen molar-refractivity contribution in [1.29, 1.82) is 0 Å². The van der Waals surface area contributed by atoms with Gasteiger partial charge in [0.25, 0.3) is 0 Å². The Morgan fingerprint density at radius 3 is 2.62 bits per heavy atom. The minimum Gasteiger partial charge on any atom is -0.466 e. The predicted octanol–water partition coefficient (Wildman–Crippen LogP) is 2.68. The first-order valence-electron chi connectivity index (χ1n) is 5.51. The van der Waals surface area contributed by atoms with Crippen LogP contribution in [0.1, 0.15) is 36.1 Å². The summed E-state index contributed by atoms with van der Waals surface area (Å²) in [4.78, 5) is 13.6. The summed E-state index contributed by atoms with van der Waals surface area (Å²) in [6.07, 6.45) is -0.167. The average Bonchev–Trinajstić information content (AvgIpc) is 2.66. The molecule has 16 heavy (non-hydrogen) atoms. The van der Waals surface area contributed by atoms with Crippen LogP contribution in [0.5, 0.6) is 0 Å². The van der Waals surface area contributed by atoms with E-state index in [-0.39, 0.29) is 5.97 Å². The number of ether oxygens (including phenoxy) is 1. The molecular weight excluding hydrogens is 224 g/mol. The fourth-order valence-electron chi connectivity index (χ4n) is 1.58. The van der Waals surface area contributed by atoms with Gasteiger partial charge >= 0.3 is 5.97 Å². The lowest BCUT2D eigenvalue weighted by molar-refractivity contribution is -0.152. The van der Waals surface area contributed by atoms with Gasteiger partial charge in [-0.15, -0.1) is 11.3 Å². The minimum absolute atomic E-state index is 0.316. The Hall–Kier alpha value is -0.870. The van der Waals surface area contributed by atoms with Crippen molar-refractivity contribution in [2.75, 3.05) is 6.61 Å². The summed E-state index contributed by atoms with van der Waals surface area (Å²) < 4.78 is 4.95. The van der Waals surface area contributed by atoms with E-state index in [1.54, 1.807) is 6.92 Å². The number of rotatable bonds is 5. The molecule has 1 aromatic heterocycles. The zero-order chi connectivity index (χ0) is 12.1. The van der Waals surface area contributed by atoms with Gasteiger partial charge in [-0.2, -0.15) is 0 Å². The molecule has 1 rings (SSSR count). The van der Waals surface area contributed by atoms with Gasteiger partial charge in [0.2, 0.25) is 0 Å². The van der Waals surface area contributed by atoms with Crippen LogP contribution in [0.3, 0.4) is 0 Å². The van der Waals surface area contributed by atoms with E-state index in [1.807, 2.05) is 26.0 Å². The highest BCUT2D eigenvalue weighted by Crippen LogP contribution is 2.30. The van der Waals surface area contributed by atoms with Crippen molar-refractivity contribution < 1.29 is 14.6 Å². The maximum absolute atomic E-state index is 11.6. The molecule has 1 heterocycles. The summed E-state index contributed by atoms with van der Waals surface area (Å²) in [7, 11) is 0. The van der Waals surface area contributed by atoms with Crippen LogP contribution in [0.25, 0.3) is 0 Å². The third-order valence-corrected chi connectivity index (χ3v) is 3.53. The topological polar surface area (TPSA) is 46.5 Å². The molecule has 2 atom stereocenters. The Bertz CT molecular complexity index is 346. The van der Waals surface area contributed by atoms with E-state index < -0.39 is 12.0 Å². The largest absolute Gasteiger partial charge is 0.466 e. The lowest BCUT2D eigenvalue weighted by Crippen LogP contribution is -2.23. The summed E-state index contributed by atoms with van der Waals surface area (Å²) in [5.41, 5.74) is 0. The van der Waals surface area contributed by atoms with E-state index in [2.05, 4.69) is 0 Å². The maximum Gasteiger partial charge on any atom is 0.311 e. The Morgan fingerprint density at radius 1 is 1.50 bits per heavy atom. The van der Waals surface area contributed by atoms with E-state index in [0.29, 0.717) is 13.0 Å². The van der Waals surface area contributed by atoms with Crippen molar-refractivity contribution in [3.8, 4) is 0 Å². The van der Waals surface area contributed by atoms with Crippen LogP contribution in [0, 0.1) is 12.8 Å². The van der Waals surface area contributed by atoms with Crippen LogP contribution in [0.2, 0.25) is 0 Å². The molecule has 0 aliphatic heterocycles. The van der Waals surface area contributed by atoms with Gasteiger partial charge in [-0.25, -0.2) is 0 Å². The molecule has 0 radical (unpaired) electrons. The first-order valence-corrected chi connectivity index (χ1v) is 6.32. The average molecular weight is 242 g/mol. The normalized spacial score (nSPS) is 14.5. The second-order valence-electron chi connectivity index (χ2n) is 3.66. The van der Waals surface area contributed by atoms with E-state index in [9.17, 15) is 9.90 Å². The number of aliphatic hydroxyl groups excluding tert-OH is 1. The van der Waals surface area contributed by atoms with Gasteiger partial charge < -0.3 is 9.84 Å². The molecular formula is C12H18O3S. The first kappa shape index (κ1) is 13.2. The SMILES string of the molecule is CCOC(=O)C(CC)C(O)c1ccc(C)s1. The maximum atomic E-state index is 11.6. The van der Waals surface area contributed by atoms with Crippen molar-refractivity contribution in [1.82, 2.24) is 0 Å². The first-order chi connectivity index (χ1) is 7.60. The number of aliphatic hydroxyl groups is 1. The molecule has 0 aliphatic rings. The summed E-state index contributed by atoms with van der Waals surface area (Å²) in [5.74, 6) is -0.776. The molecule has 1 N–H and O–H groups in total. The summed E-state index contributed by atoms with van der Waals surface area (Å²) >= 11 is 1.52. The highest BCUT2D eigenvalue weighted by Gasteiger charge is 2.28. The van der Waals surface area contributed by atoms with Gasteiger partial charge in [0, 0.05) is 9.75 Å². The number of aryl methyl sites for hydroxylation is 1. The Morgan fingerprint density at radius 2 is 2.19 bits per heavy atom. The van der Waals surface area contributed by atoms with Crippen LogP contribution in [-0.4, -0.2) is 17.7 Å². The van der Waals surface area contributed by atoms with Gasteiger partial charge in [0.05, 0.1) is 12.5 Å². The predicted molar refractivity (Wildman–Crippen MR) is 64.4 cm³/mol. The van der Waals surface area contributed by atoms with Crippen LogP contribution < -0.4 is 0 Å². The van der Waals surface area contributed by atoms with Gasteiger partial charge in [-0.3, -0.25) is 4.79 Å². The molecule has 2 unspecified atom stereocenters. The van der Waals surface area contributed by atoms with Crippen molar-refractivity contribution in [2.24, 2.45) is 5.92 Å². The summed E-state index contributed by atoms with van der Waals surface area (Å²) in [5, 5.41) is 10.1. The zero-order valence-electron chi connectivity index (χ0n) is 9.90. The van der Waals surface area contributed by atoms with Crippen molar-refractivity contribution in [2.45, 2.75) is 33.3 Å². The molecule has 4 heteroatoms. The van der Waals surface area contributed by atoms with Crippen LogP contribution in [0.15, 0.2) is 12.1 Å². The lowest BCUT2D eigenvalue weighted by atomic mass is 9.98. The number of hydrogen-bond donors (Lipinski definition) is 1. The molecule has 0 amide bonds. The molecule has 0 aromatic carbocycles. The summed E-state index contributed by atoms with van der Waals surface area (Å²) in [6.45, 7) is 5.98. The lowest BCUT2D eigenvalue weighted by Gasteiger charge is -2.18. The molecule has 90 valence electrons. The number of esters is 1. The molecule has 0 bridgehead atoms. The molecule has 1 aromatic rings. The van der Waals surface area contributed by atoms with E-state index >= 15 is 0 Å². The van der Waals surface area contributed by atoms with E-state index in [4.69, 9.17) is 4.74 Å². The van der Waals surface area contributed by atoms with Gasteiger partial charge in [0.15, 0.2) is 0 Å². The number of carbonyl (C=O) groups is 1. The number of hydrogen-bond acceptors (Lipinski definition) is 4. The third kappa shape index (κ3) is 3.06. The quantitative estimate of drug-likeness (QED) is 0.807. The van der Waals surface area contributed by atoms with Gasteiger partial charge in [-0.1, -0.05) is 6.92 Å². The fraction of sp³-hybridized carbons (Fsp3) is 0.583. The molecule has 0 fully saturated rings. The fourth-order valence-corrected chi connectivity index (χ4v) is 2.51. The third-order valence-electron chi connectivity index (χ3n) is 2.46. The standard InChI is InChI=1S/C12H18O3S/c1-4-9(12(14)15-5-2)11(13)10-7-6-8(3)16-10/h6-7,9,11,13H,4-5H2,1-3H3. The van der Waals surface area contributed by atoms with Crippen LogP contribution in [0.4, 0.5) is 0 Å². The van der Waals surface area contributed by atoms with Gasteiger partial charge in [0.1, 0.15) is 6.10 Å². The Kier molecular flexibility index (Phi) is 4.96. The van der Waals surface area contributed by atoms with Crippen molar-refractivity contribution >= 4 is 17.3 Å². The molecule has 0 saturated carbocycles. The second-order valence-corrected chi connectivity index (χ2v) is 4.98. The molecule has 0 saturated heterocycles. The zero-order valence-corrected chi connectivity index (χ0v) is 10.7. The monoisotopic (exact) mass is 242 g/mol. The summed E-state index contributed by atoms with van der Waals surface area (Å²) in [6, 6.07) is 3.81. The van der Waals surface area contributed by atoms with Crippen LogP contribution >= 0.6 is 11.3 Å². The van der Waals surface area contributed by atoms with E-state index in [0.717, 1.165) is 9.75 Å². The van der Waals surface area contributed by atoms with E-state index in [1.165, 1.54) is 11.3 Å². The molecule has 0 spiro atoms. The molecule has 3 nitrogen and oxygen atoms in total. The smallest absolute Gasteiger partial charge is 0.311 e. The van der Waals surface area contributed by atoms with Crippen molar-refractivity contribution in [3.63, 3.8) is 0 Å². The Labute approximate surface area is 100 Å².